The van der Waals surface area contributed by atoms with Gasteiger partial charge in [0.1, 0.15) is 0 Å². The highest BCUT2D eigenvalue weighted by molar-refractivity contribution is 9.10. The highest BCUT2D eigenvalue weighted by atomic mass is 79.9. The molecule has 0 unspecified atom stereocenters. The fourth-order valence-corrected chi connectivity index (χ4v) is 3.42. The van der Waals surface area contributed by atoms with E-state index >= 15 is 0 Å². The van der Waals surface area contributed by atoms with E-state index in [4.69, 9.17) is 0 Å². The summed E-state index contributed by atoms with van der Waals surface area (Å²) < 4.78 is 41.4. The van der Waals surface area contributed by atoms with Crippen molar-refractivity contribution in [1.29, 1.82) is 0 Å². The molecule has 0 aromatic heterocycles. The van der Waals surface area contributed by atoms with Crippen LogP contribution in [0.5, 0.6) is 0 Å². The van der Waals surface area contributed by atoms with Crippen molar-refractivity contribution in [2.75, 3.05) is 19.7 Å². The second-order valence-corrected chi connectivity index (χ2v) is 7.04. The number of benzene rings is 1. The number of carbonyl (C=O) groups excluding carboxylic acids is 2. The molecule has 1 heterocycles. The van der Waals surface area contributed by atoms with Crippen molar-refractivity contribution in [1.82, 2.24) is 10.2 Å². The second-order valence-electron chi connectivity index (χ2n) is 6.18. The zero-order valence-electron chi connectivity index (χ0n) is 14.2. The molecular weight excluding hydrogens is 417 g/mol. The summed E-state index contributed by atoms with van der Waals surface area (Å²) in [5, 5.41) is 2.94. The van der Waals surface area contributed by atoms with Gasteiger partial charge in [-0.2, -0.15) is 13.2 Å². The van der Waals surface area contributed by atoms with Crippen LogP contribution in [0.25, 0.3) is 0 Å². The van der Waals surface area contributed by atoms with Gasteiger partial charge in [-0.1, -0.05) is 34.1 Å². The van der Waals surface area contributed by atoms with Gasteiger partial charge in [-0.25, -0.2) is 4.79 Å². The molecule has 0 bridgehead atoms. The van der Waals surface area contributed by atoms with Gasteiger partial charge in [0.15, 0.2) is 6.61 Å². The lowest BCUT2D eigenvalue weighted by Crippen LogP contribution is -2.44. The predicted octanol–water partition coefficient (Wildman–Crippen LogP) is 4.04. The number of alkyl halides is 3. The van der Waals surface area contributed by atoms with Gasteiger partial charge in [0.2, 0.25) is 5.91 Å². The average molecular weight is 437 g/mol. The Morgan fingerprint density at radius 1 is 1.31 bits per heavy atom. The smallest absolute Gasteiger partial charge is 0.422 e. The minimum Gasteiger partial charge on any atom is -0.440 e. The average Bonchev–Trinajstić information content (AvgIpc) is 2.59. The quantitative estimate of drug-likeness (QED) is 0.774. The van der Waals surface area contributed by atoms with Gasteiger partial charge < -0.3 is 15.0 Å². The topological polar surface area (TPSA) is 58.6 Å². The number of rotatable bonds is 4. The molecule has 26 heavy (non-hydrogen) atoms. The van der Waals surface area contributed by atoms with Crippen LogP contribution in [0, 0.1) is 5.92 Å². The Labute approximate surface area is 158 Å². The lowest BCUT2D eigenvalue weighted by atomic mass is 9.95. The summed E-state index contributed by atoms with van der Waals surface area (Å²) in [7, 11) is 0. The first-order valence-electron chi connectivity index (χ1n) is 8.20. The number of amides is 2. The fraction of sp³-hybridized carbons (Fsp3) is 0.529. The van der Waals surface area contributed by atoms with Crippen LogP contribution in [-0.2, 0) is 9.53 Å². The summed E-state index contributed by atoms with van der Waals surface area (Å²) in [5.41, 5.74) is 0.953. The van der Waals surface area contributed by atoms with Crippen molar-refractivity contribution in [3.05, 3.63) is 34.3 Å². The monoisotopic (exact) mass is 436 g/mol. The molecule has 0 radical (unpaired) electrons. The Balaban J connectivity index is 1.81. The number of ether oxygens (including phenoxy) is 1. The third kappa shape index (κ3) is 5.89. The Morgan fingerprint density at radius 2 is 1.92 bits per heavy atom. The van der Waals surface area contributed by atoms with Gasteiger partial charge in [0, 0.05) is 23.5 Å². The van der Waals surface area contributed by atoms with Crippen LogP contribution in [0.3, 0.4) is 0 Å². The number of halogens is 4. The van der Waals surface area contributed by atoms with E-state index in [1.807, 2.05) is 31.2 Å². The number of nitrogens with one attached hydrogen (secondary N) is 1. The summed E-state index contributed by atoms with van der Waals surface area (Å²) >= 11 is 3.45. The molecule has 1 saturated heterocycles. The van der Waals surface area contributed by atoms with E-state index in [1.54, 1.807) is 0 Å². The first-order valence-corrected chi connectivity index (χ1v) is 9.00. The minimum atomic E-state index is -4.55. The number of nitrogens with zero attached hydrogens (tertiary/aromatic N) is 1. The van der Waals surface area contributed by atoms with Crippen LogP contribution in [-0.4, -0.2) is 42.8 Å². The van der Waals surface area contributed by atoms with Crippen LogP contribution in [0.4, 0.5) is 18.0 Å². The number of likely N-dealkylation sites (tertiary alicyclic amines) is 1. The van der Waals surface area contributed by atoms with Crippen LogP contribution in [0.15, 0.2) is 28.7 Å². The van der Waals surface area contributed by atoms with Crippen LogP contribution >= 0.6 is 15.9 Å². The predicted molar refractivity (Wildman–Crippen MR) is 92.4 cm³/mol. The van der Waals surface area contributed by atoms with E-state index in [9.17, 15) is 22.8 Å². The number of hydrogen-bond donors (Lipinski definition) is 1. The van der Waals surface area contributed by atoms with Gasteiger partial charge in [-0.3, -0.25) is 4.79 Å². The lowest BCUT2D eigenvalue weighted by molar-refractivity contribution is -0.162. The third-order valence-corrected chi connectivity index (χ3v) is 4.94. The van der Waals surface area contributed by atoms with E-state index in [0.29, 0.717) is 12.8 Å². The van der Waals surface area contributed by atoms with Gasteiger partial charge >= 0.3 is 12.3 Å². The maximum Gasteiger partial charge on any atom is 0.422 e. The Kier molecular flexibility index (Phi) is 6.91. The molecule has 0 aliphatic carbocycles. The zero-order valence-corrected chi connectivity index (χ0v) is 15.8. The summed E-state index contributed by atoms with van der Waals surface area (Å²) in [6.07, 6.45) is -4.77. The van der Waals surface area contributed by atoms with Crippen molar-refractivity contribution in [2.45, 2.75) is 32.0 Å². The Bertz CT molecular complexity index is 646. The zero-order chi connectivity index (χ0) is 19.3. The molecule has 1 aliphatic heterocycles. The number of piperidine rings is 1. The van der Waals surface area contributed by atoms with Crippen molar-refractivity contribution >= 4 is 27.9 Å². The fourth-order valence-electron chi connectivity index (χ4n) is 2.79. The van der Waals surface area contributed by atoms with E-state index in [2.05, 4.69) is 26.0 Å². The molecule has 9 heteroatoms. The molecule has 1 atom stereocenters. The molecule has 144 valence electrons. The normalized spacial score (nSPS) is 16.9. The molecule has 1 aliphatic rings. The molecule has 1 aromatic rings. The number of hydrogen-bond acceptors (Lipinski definition) is 3. The standard InChI is InChI=1S/C17H20BrF3N2O3/c1-11(13-4-2-3-5-14(13)18)22-15(24)12-6-8-23(9-7-12)16(25)26-10-17(19,20)21/h2-5,11-12H,6-10H2,1H3,(H,22,24)/t11-/m0/s1. The van der Waals surface area contributed by atoms with Crippen LogP contribution < -0.4 is 5.32 Å². The molecule has 2 amide bonds. The van der Waals surface area contributed by atoms with Crippen molar-refractivity contribution in [3.8, 4) is 0 Å². The van der Waals surface area contributed by atoms with Crippen molar-refractivity contribution in [2.24, 2.45) is 5.92 Å². The van der Waals surface area contributed by atoms with E-state index < -0.39 is 18.9 Å². The summed E-state index contributed by atoms with van der Waals surface area (Å²) in [5.74, 6) is -0.414. The molecule has 2 rings (SSSR count). The van der Waals surface area contributed by atoms with E-state index in [-0.39, 0.29) is 31.0 Å². The molecule has 1 aromatic carbocycles. The van der Waals surface area contributed by atoms with E-state index in [0.717, 1.165) is 10.0 Å². The first kappa shape index (κ1) is 20.5. The van der Waals surface area contributed by atoms with Gasteiger partial charge in [-0.05, 0) is 31.4 Å². The molecular formula is C17H20BrF3N2O3. The van der Waals surface area contributed by atoms with Crippen LogP contribution in [0.1, 0.15) is 31.4 Å². The summed E-state index contributed by atoms with van der Waals surface area (Å²) in [6.45, 7) is 0.660. The highest BCUT2D eigenvalue weighted by Crippen LogP contribution is 2.25. The molecule has 0 spiro atoms. The Morgan fingerprint density at radius 3 is 2.50 bits per heavy atom. The number of carbonyl (C=O) groups is 2. The maximum absolute atomic E-state index is 12.4. The largest absolute Gasteiger partial charge is 0.440 e. The SMILES string of the molecule is C[C@H](NC(=O)C1CCN(C(=O)OCC(F)(F)F)CC1)c1ccccc1Br. The molecule has 0 saturated carbocycles. The van der Waals surface area contributed by atoms with Crippen molar-refractivity contribution in [3.63, 3.8) is 0 Å². The Hall–Kier alpha value is -1.77. The second kappa shape index (κ2) is 8.75. The molecule has 1 N–H and O–H groups in total. The van der Waals surface area contributed by atoms with Gasteiger partial charge in [-0.15, -0.1) is 0 Å². The lowest BCUT2D eigenvalue weighted by Gasteiger charge is -2.31. The van der Waals surface area contributed by atoms with Gasteiger partial charge in [0.25, 0.3) is 0 Å². The van der Waals surface area contributed by atoms with Crippen LogP contribution in [0.2, 0.25) is 0 Å². The molecule has 5 nitrogen and oxygen atoms in total. The van der Waals surface area contributed by atoms with Crippen molar-refractivity contribution < 1.29 is 27.5 Å². The maximum atomic E-state index is 12.4. The van der Waals surface area contributed by atoms with Gasteiger partial charge in [0.05, 0.1) is 6.04 Å². The van der Waals surface area contributed by atoms with E-state index in [1.165, 1.54) is 4.90 Å². The minimum absolute atomic E-state index is 0.128. The molecule has 1 fully saturated rings. The third-order valence-electron chi connectivity index (χ3n) is 4.21. The highest BCUT2D eigenvalue weighted by Gasteiger charge is 2.33. The summed E-state index contributed by atoms with van der Waals surface area (Å²) in [4.78, 5) is 25.2. The first-order chi connectivity index (χ1) is 12.2. The summed E-state index contributed by atoms with van der Waals surface area (Å²) in [6, 6.07) is 7.38.